The standard InChI is InChI=1S/C40H30O26/c41-12-1-8(2-13(42)23(12)47)34(55)66-38-33-32-31(65-39(59)40(60)6-17(46)24(48)22(40)21-11(37(58)64-33)5-16(45)27(51)30(21)54)18(62-38)7-61-35(56)9-3-14(43)25(49)28(52)19(9)20-10(36(57)63-32)4-15(44)26(50)29(20)53/h1-5,17-18,22,31-33,38,41-47,49-54,60H,6-7H2. The number of hydrogen-bond donors (Lipinski definition) is 14. The monoisotopic (exact) mass is 926 g/mol. The molecule has 0 aromatic heterocycles. The Kier molecular flexibility index (Phi) is 10.2. The molecular formula is C40H30O26. The molecule has 4 aromatic carbocycles. The predicted octanol–water partition coefficient (Wildman–Crippen LogP) is -0.602. The second kappa shape index (κ2) is 15.3. The first kappa shape index (κ1) is 44.0. The number of ketones is 1. The van der Waals surface area contributed by atoms with Crippen LogP contribution in [0.4, 0.5) is 0 Å². The summed E-state index contributed by atoms with van der Waals surface area (Å²) in [5.74, 6) is -28.9. The summed E-state index contributed by atoms with van der Waals surface area (Å²) in [5, 5.41) is 149. The minimum absolute atomic E-state index is 0.359. The van der Waals surface area contributed by atoms with Crippen molar-refractivity contribution in [3.8, 4) is 80.1 Å². The molecule has 0 radical (unpaired) electrons. The highest BCUT2D eigenvalue weighted by Gasteiger charge is 2.63. The van der Waals surface area contributed by atoms with E-state index in [2.05, 4.69) is 0 Å². The molecule has 1 saturated carbocycles. The lowest BCUT2D eigenvalue weighted by atomic mass is 9.81. The first-order valence-corrected chi connectivity index (χ1v) is 18.7. The maximum absolute atomic E-state index is 14.6. The van der Waals surface area contributed by atoms with Crippen molar-refractivity contribution in [1.82, 2.24) is 0 Å². The van der Waals surface area contributed by atoms with Gasteiger partial charge in [0.15, 0.2) is 75.3 Å². The molecule has 1 aliphatic carbocycles. The number of rotatable bonds is 2. The van der Waals surface area contributed by atoms with Crippen LogP contribution < -0.4 is 0 Å². The van der Waals surface area contributed by atoms with Crippen LogP contribution in [-0.4, -0.2) is 156 Å². The van der Waals surface area contributed by atoms with Gasteiger partial charge in [-0.25, -0.2) is 24.0 Å². The smallest absolute Gasteiger partial charge is 0.340 e. The molecule has 0 spiro atoms. The van der Waals surface area contributed by atoms with Crippen molar-refractivity contribution in [3.05, 3.63) is 58.1 Å². The SMILES string of the molecule is O=C(OC1OC2COC(=O)c3cc(O)c(O)c(O)c3-c3c(cc(O)c(O)c3O)C(=O)OC3C2OC(=O)C2(O)CC(O)C(=O)C2c2c(cc(O)c(O)c2O)C(=O)OC13)c1cc(O)c(O)c(O)c1. The number of fused-ring (bicyclic) bond motifs is 6. The maximum atomic E-state index is 14.6. The predicted molar refractivity (Wildman–Crippen MR) is 201 cm³/mol. The molecule has 4 aromatic rings. The van der Waals surface area contributed by atoms with Gasteiger partial charge in [0.05, 0.1) is 28.2 Å². The molecule has 26 nitrogen and oxygen atoms in total. The number of phenols is 12. The van der Waals surface area contributed by atoms with Crippen LogP contribution in [-0.2, 0) is 38.0 Å². The van der Waals surface area contributed by atoms with Gasteiger partial charge >= 0.3 is 29.8 Å². The Hall–Kier alpha value is -8.62. The summed E-state index contributed by atoms with van der Waals surface area (Å²) in [7, 11) is 0. The van der Waals surface area contributed by atoms with E-state index in [0.717, 1.165) is 0 Å². The summed E-state index contributed by atoms with van der Waals surface area (Å²) in [6.45, 7) is -1.31. The number of aliphatic hydroxyl groups excluding tert-OH is 1. The van der Waals surface area contributed by atoms with Crippen LogP contribution in [0.2, 0.25) is 0 Å². The molecule has 4 aliphatic rings. The Balaban J connectivity index is 1.39. The molecule has 346 valence electrons. The number of cyclic esters (lactones) is 1. The van der Waals surface area contributed by atoms with Gasteiger partial charge in [-0.05, 0) is 30.3 Å². The summed E-state index contributed by atoms with van der Waals surface area (Å²) in [6.07, 6.45) is -16.0. The Bertz CT molecular complexity index is 2830. The van der Waals surface area contributed by atoms with E-state index in [4.69, 9.17) is 28.4 Å². The Morgan fingerprint density at radius 2 is 1.06 bits per heavy atom. The average Bonchev–Trinajstić information content (AvgIpc) is 3.49. The zero-order valence-corrected chi connectivity index (χ0v) is 32.5. The number of carbonyl (C=O) groups excluding carboxylic acids is 6. The van der Waals surface area contributed by atoms with Crippen molar-refractivity contribution in [2.45, 2.75) is 54.7 Å². The normalized spacial score (nSPS) is 26.0. The third kappa shape index (κ3) is 6.61. The number of hydrogen-bond acceptors (Lipinski definition) is 26. The maximum Gasteiger partial charge on any atom is 0.340 e. The van der Waals surface area contributed by atoms with E-state index in [0.29, 0.717) is 30.3 Å². The lowest BCUT2D eigenvalue weighted by Crippen LogP contribution is -2.64. The Labute approximate surface area is 363 Å². The molecule has 3 heterocycles. The van der Waals surface area contributed by atoms with Crippen molar-refractivity contribution in [2.75, 3.05) is 6.61 Å². The highest BCUT2D eigenvalue weighted by atomic mass is 16.7. The highest BCUT2D eigenvalue weighted by molar-refractivity contribution is 6.09. The Morgan fingerprint density at radius 3 is 1.64 bits per heavy atom. The van der Waals surface area contributed by atoms with Crippen LogP contribution >= 0.6 is 0 Å². The summed E-state index contributed by atoms with van der Waals surface area (Å²) >= 11 is 0. The average molecular weight is 927 g/mol. The lowest BCUT2D eigenvalue weighted by Gasteiger charge is -2.44. The van der Waals surface area contributed by atoms with E-state index < -0.39 is 205 Å². The van der Waals surface area contributed by atoms with Gasteiger partial charge in [-0.15, -0.1) is 0 Å². The highest BCUT2D eigenvalue weighted by Crippen LogP contribution is 2.54. The number of esters is 5. The van der Waals surface area contributed by atoms with E-state index >= 15 is 0 Å². The first-order chi connectivity index (χ1) is 31.0. The zero-order chi connectivity index (χ0) is 48.2. The molecule has 0 amide bonds. The number of benzene rings is 4. The summed E-state index contributed by atoms with van der Waals surface area (Å²) in [5.41, 5.74) is -10.9. The summed E-state index contributed by atoms with van der Waals surface area (Å²) < 4.78 is 33.5. The van der Waals surface area contributed by atoms with Crippen LogP contribution in [0, 0.1) is 0 Å². The van der Waals surface area contributed by atoms with Crippen LogP contribution in [0.15, 0.2) is 30.3 Å². The number of Topliss-reactive ketones (excluding diaryl/α,β-unsaturated/α-hetero) is 1. The molecule has 2 fully saturated rings. The van der Waals surface area contributed by atoms with Gasteiger partial charge in [0, 0.05) is 23.1 Å². The Morgan fingerprint density at radius 1 is 0.576 bits per heavy atom. The van der Waals surface area contributed by atoms with Crippen molar-refractivity contribution in [3.63, 3.8) is 0 Å². The van der Waals surface area contributed by atoms with E-state index in [-0.39, 0.29) is 0 Å². The topological polar surface area (TPSA) is 441 Å². The number of phenolic OH excluding ortho intramolecular Hbond substituents is 12. The van der Waals surface area contributed by atoms with Crippen LogP contribution in [0.3, 0.4) is 0 Å². The van der Waals surface area contributed by atoms with Gasteiger partial charge in [0.2, 0.25) is 29.6 Å². The van der Waals surface area contributed by atoms with Gasteiger partial charge in [-0.3, -0.25) is 4.79 Å². The second-order valence-corrected chi connectivity index (χ2v) is 15.1. The molecule has 8 rings (SSSR count). The minimum atomic E-state index is -3.38. The molecule has 4 bridgehead atoms. The van der Waals surface area contributed by atoms with E-state index in [1.54, 1.807) is 0 Å². The van der Waals surface area contributed by atoms with Crippen molar-refractivity contribution < 1.29 is 129 Å². The third-order valence-electron chi connectivity index (χ3n) is 11.2. The van der Waals surface area contributed by atoms with Crippen molar-refractivity contribution >= 4 is 35.6 Å². The van der Waals surface area contributed by atoms with E-state index in [9.17, 15) is 100 Å². The summed E-state index contributed by atoms with van der Waals surface area (Å²) in [6, 6.07) is 2.28. The van der Waals surface area contributed by atoms with Crippen LogP contribution in [0.1, 0.15) is 59.3 Å². The molecule has 8 unspecified atom stereocenters. The molecule has 1 saturated heterocycles. The first-order valence-electron chi connectivity index (χ1n) is 18.7. The zero-order valence-electron chi connectivity index (χ0n) is 32.5. The van der Waals surface area contributed by atoms with Crippen molar-refractivity contribution in [2.24, 2.45) is 0 Å². The van der Waals surface area contributed by atoms with Crippen molar-refractivity contribution in [1.29, 1.82) is 0 Å². The molecule has 66 heavy (non-hydrogen) atoms. The fourth-order valence-corrected chi connectivity index (χ4v) is 8.00. The fourth-order valence-electron chi connectivity index (χ4n) is 8.00. The van der Waals surface area contributed by atoms with E-state index in [1.807, 2.05) is 0 Å². The molecular weight excluding hydrogens is 896 g/mol. The van der Waals surface area contributed by atoms with E-state index in [1.165, 1.54) is 0 Å². The van der Waals surface area contributed by atoms with Gasteiger partial charge in [0.1, 0.15) is 18.8 Å². The van der Waals surface area contributed by atoms with Crippen LogP contribution in [0.5, 0.6) is 69.0 Å². The van der Waals surface area contributed by atoms with Gasteiger partial charge in [-0.2, -0.15) is 0 Å². The fraction of sp³-hybridized carbons (Fsp3) is 0.250. The third-order valence-corrected chi connectivity index (χ3v) is 11.2. The second-order valence-electron chi connectivity index (χ2n) is 15.1. The molecule has 3 aliphatic heterocycles. The number of ether oxygens (including phenoxy) is 6. The molecule has 14 N–H and O–H groups in total. The largest absolute Gasteiger partial charge is 0.504 e. The number of carbonyl (C=O) groups is 6. The van der Waals surface area contributed by atoms with Gasteiger partial charge in [0.25, 0.3) is 0 Å². The number of aromatic hydroxyl groups is 12. The van der Waals surface area contributed by atoms with Gasteiger partial charge in [-0.1, -0.05) is 0 Å². The molecule has 8 atom stereocenters. The van der Waals surface area contributed by atoms with Crippen LogP contribution in [0.25, 0.3) is 11.1 Å². The lowest BCUT2D eigenvalue weighted by molar-refractivity contribution is -0.289. The minimum Gasteiger partial charge on any atom is -0.504 e. The molecule has 26 heteroatoms. The quantitative estimate of drug-likeness (QED) is 0.0678. The van der Waals surface area contributed by atoms with Gasteiger partial charge < -0.3 is 99.9 Å². The summed E-state index contributed by atoms with van der Waals surface area (Å²) in [4.78, 5) is 84.5. The number of aliphatic hydroxyl groups is 2.